The molecule has 2 aromatic rings. The molecule has 1 aliphatic rings. The Morgan fingerprint density at radius 2 is 2.09 bits per heavy atom. The van der Waals surface area contributed by atoms with E-state index in [4.69, 9.17) is 17.0 Å². The van der Waals surface area contributed by atoms with Crippen LogP contribution in [-0.4, -0.2) is 30.4 Å². The van der Waals surface area contributed by atoms with E-state index in [1.165, 1.54) is 11.3 Å². The van der Waals surface area contributed by atoms with Gasteiger partial charge in [-0.1, -0.05) is 30.3 Å². The van der Waals surface area contributed by atoms with Gasteiger partial charge in [-0.3, -0.25) is 4.90 Å². The molecule has 2 heterocycles. The number of amides is 1. The summed E-state index contributed by atoms with van der Waals surface area (Å²) in [6.07, 6.45) is -0.511. The van der Waals surface area contributed by atoms with Crippen LogP contribution in [0.5, 0.6) is 0 Å². The van der Waals surface area contributed by atoms with E-state index in [1.807, 2.05) is 47.8 Å². The Morgan fingerprint density at radius 3 is 2.83 bits per heavy atom. The molecule has 1 fully saturated rings. The summed E-state index contributed by atoms with van der Waals surface area (Å²) < 4.78 is 5.35. The second kappa shape index (κ2) is 7.43. The molecular weight excluding hydrogens is 330 g/mol. The van der Waals surface area contributed by atoms with Crippen LogP contribution in [0, 0.1) is 0 Å². The number of thiophene rings is 1. The minimum Gasteiger partial charge on any atom is -0.442 e. The predicted molar refractivity (Wildman–Crippen MR) is 95.8 cm³/mol. The predicted octanol–water partition coefficient (Wildman–Crippen LogP) is 2.74. The average Bonchev–Trinajstić information content (AvgIpc) is 3.21. The Labute approximate surface area is 144 Å². The van der Waals surface area contributed by atoms with Gasteiger partial charge in [0.1, 0.15) is 11.1 Å². The van der Waals surface area contributed by atoms with Crippen molar-refractivity contribution in [3.05, 3.63) is 53.4 Å². The van der Waals surface area contributed by atoms with Gasteiger partial charge in [-0.2, -0.15) is 0 Å². The second-order valence-corrected chi connectivity index (χ2v) is 6.45. The topological polar surface area (TPSA) is 53.6 Å². The molecule has 1 atom stereocenters. The van der Waals surface area contributed by atoms with Crippen LogP contribution in [0.15, 0.2) is 47.8 Å². The quantitative estimate of drug-likeness (QED) is 0.815. The summed E-state index contributed by atoms with van der Waals surface area (Å²) in [7, 11) is 0. The summed E-state index contributed by atoms with van der Waals surface area (Å²) >= 11 is 6.77. The first-order valence-corrected chi connectivity index (χ1v) is 8.58. The molecule has 1 unspecified atom stereocenters. The molecule has 0 radical (unpaired) electrons. The molecular formula is C16H17N3O2S2. The van der Waals surface area contributed by atoms with Gasteiger partial charge in [-0.25, -0.2) is 4.79 Å². The highest BCUT2D eigenvalue weighted by Gasteiger charge is 2.32. The molecule has 2 N–H and O–H groups in total. The standard InChI is InChI=1S/C16H17N3O2S2/c20-16-19(14-7-4-8-23-14)11-13(21-16)10-18-15(22)17-9-12-5-2-1-3-6-12/h1-8,13H,9-11H2,(H2,17,18,22). The number of thiocarbonyl (C=S) groups is 1. The van der Waals surface area contributed by atoms with E-state index in [-0.39, 0.29) is 12.2 Å². The number of nitrogens with one attached hydrogen (secondary N) is 2. The van der Waals surface area contributed by atoms with Crippen molar-refractivity contribution in [2.24, 2.45) is 0 Å². The van der Waals surface area contributed by atoms with E-state index in [0.29, 0.717) is 24.7 Å². The van der Waals surface area contributed by atoms with Crippen molar-refractivity contribution in [3.63, 3.8) is 0 Å². The normalized spacial score (nSPS) is 17.0. The SMILES string of the molecule is O=C1OC(CNC(=S)NCc2ccccc2)CN1c1cccs1. The fraction of sp³-hybridized carbons (Fsp3) is 0.250. The molecule has 1 aliphatic heterocycles. The molecule has 1 saturated heterocycles. The monoisotopic (exact) mass is 347 g/mol. The average molecular weight is 347 g/mol. The minimum absolute atomic E-state index is 0.207. The molecule has 5 nitrogen and oxygen atoms in total. The van der Waals surface area contributed by atoms with Gasteiger partial charge in [0.2, 0.25) is 0 Å². The highest BCUT2D eigenvalue weighted by Crippen LogP contribution is 2.25. The van der Waals surface area contributed by atoms with E-state index < -0.39 is 0 Å². The molecule has 1 amide bonds. The van der Waals surface area contributed by atoms with Crippen molar-refractivity contribution < 1.29 is 9.53 Å². The minimum atomic E-state index is -0.303. The summed E-state index contributed by atoms with van der Waals surface area (Å²) in [5.74, 6) is 0. The van der Waals surface area contributed by atoms with E-state index in [1.54, 1.807) is 4.90 Å². The van der Waals surface area contributed by atoms with Gasteiger partial charge in [-0.05, 0) is 35.3 Å². The summed E-state index contributed by atoms with van der Waals surface area (Å²) in [5, 5.41) is 9.64. The van der Waals surface area contributed by atoms with Gasteiger partial charge >= 0.3 is 6.09 Å². The molecule has 0 spiro atoms. The molecule has 0 saturated carbocycles. The lowest BCUT2D eigenvalue weighted by atomic mass is 10.2. The zero-order valence-corrected chi connectivity index (χ0v) is 14.0. The molecule has 7 heteroatoms. The first-order valence-electron chi connectivity index (χ1n) is 7.29. The molecule has 3 rings (SSSR count). The van der Waals surface area contributed by atoms with Gasteiger partial charge in [0, 0.05) is 6.54 Å². The van der Waals surface area contributed by atoms with Crippen molar-refractivity contribution in [1.29, 1.82) is 0 Å². The van der Waals surface area contributed by atoms with E-state index in [9.17, 15) is 4.79 Å². The molecule has 0 bridgehead atoms. The van der Waals surface area contributed by atoms with Crippen LogP contribution in [0.3, 0.4) is 0 Å². The Hall–Kier alpha value is -2.12. The van der Waals surface area contributed by atoms with Crippen LogP contribution < -0.4 is 15.5 Å². The lowest BCUT2D eigenvalue weighted by molar-refractivity contribution is 0.143. The number of ether oxygens (including phenoxy) is 1. The van der Waals surface area contributed by atoms with Crippen LogP contribution in [0.4, 0.5) is 9.80 Å². The lowest BCUT2D eigenvalue weighted by Crippen LogP contribution is -2.40. The van der Waals surface area contributed by atoms with Gasteiger partial charge in [0.25, 0.3) is 0 Å². The maximum atomic E-state index is 11.9. The maximum absolute atomic E-state index is 11.9. The number of hydrogen-bond acceptors (Lipinski definition) is 4. The first kappa shape index (κ1) is 15.8. The molecule has 1 aromatic carbocycles. The summed E-state index contributed by atoms with van der Waals surface area (Å²) in [6, 6.07) is 13.9. The summed E-state index contributed by atoms with van der Waals surface area (Å²) in [5.41, 5.74) is 1.16. The Kier molecular flexibility index (Phi) is 5.09. The molecule has 0 aliphatic carbocycles. The van der Waals surface area contributed by atoms with Crippen LogP contribution in [0.25, 0.3) is 0 Å². The van der Waals surface area contributed by atoms with Crippen LogP contribution >= 0.6 is 23.6 Å². The number of cyclic esters (lactones) is 1. The third-order valence-corrected chi connectivity index (χ3v) is 4.61. The molecule has 120 valence electrons. The third kappa shape index (κ3) is 4.20. The number of carbonyl (C=O) groups excluding carboxylic acids is 1. The third-order valence-electron chi connectivity index (χ3n) is 3.43. The smallest absolute Gasteiger partial charge is 0.415 e. The Bertz CT molecular complexity index is 661. The number of hydrogen-bond donors (Lipinski definition) is 2. The van der Waals surface area contributed by atoms with Crippen LogP contribution in [0.2, 0.25) is 0 Å². The fourth-order valence-corrected chi connectivity index (χ4v) is 3.16. The van der Waals surface area contributed by atoms with Crippen molar-refractivity contribution >= 4 is 39.8 Å². The van der Waals surface area contributed by atoms with Gasteiger partial charge in [0.15, 0.2) is 5.11 Å². The van der Waals surface area contributed by atoms with Gasteiger partial charge in [-0.15, -0.1) is 11.3 Å². The highest BCUT2D eigenvalue weighted by molar-refractivity contribution is 7.80. The highest BCUT2D eigenvalue weighted by atomic mass is 32.1. The van der Waals surface area contributed by atoms with E-state index in [2.05, 4.69) is 10.6 Å². The lowest BCUT2D eigenvalue weighted by Gasteiger charge is -2.13. The second-order valence-electron chi connectivity index (χ2n) is 5.12. The Balaban J connectivity index is 1.42. The summed E-state index contributed by atoms with van der Waals surface area (Å²) in [6.45, 7) is 1.69. The number of rotatable bonds is 5. The molecule has 23 heavy (non-hydrogen) atoms. The van der Waals surface area contributed by atoms with Gasteiger partial charge in [0.05, 0.1) is 13.1 Å². The Morgan fingerprint density at radius 1 is 1.26 bits per heavy atom. The van der Waals surface area contributed by atoms with Crippen molar-refractivity contribution in [2.45, 2.75) is 12.6 Å². The maximum Gasteiger partial charge on any atom is 0.415 e. The van der Waals surface area contributed by atoms with Crippen molar-refractivity contribution in [3.8, 4) is 0 Å². The van der Waals surface area contributed by atoms with Gasteiger partial charge < -0.3 is 15.4 Å². The van der Waals surface area contributed by atoms with Crippen LogP contribution in [-0.2, 0) is 11.3 Å². The van der Waals surface area contributed by atoms with Crippen molar-refractivity contribution in [1.82, 2.24) is 10.6 Å². The zero-order valence-electron chi connectivity index (χ0n) is 12.4. The largest absolute Gasteiger partial charge is 0.442 e. The zero-order chi connectivity index (χ0) is 16.1. The number of carbonyl (C=O) groups is 1. The number of nitrogens with zero attached hydrogens (tertiary/aromatic N) is 1. The molecule has 1 aromatic heterocycles. The van der Waals surface area contributed by atoms with Crippen LogP contribution in [0.1, 0.15) is 5.56 Å². The van der Waals surface area contributed by atoms with Crippen molar-refractivity contribution in [2.75, 3.05) is 18.0 Å². The van der Waals surface area contributed by atoms with E-state index in [0.717, 1.165) is 10.6 Å². The number of anilines is 1. The first-order chi connectivity index (χ1) is 11.2. The number of benzene rings is 1. The fourth-order valence-electron chi connectivity index (χ4n) is 2.28. The summed E-state index contributed by atoms with van der Waals surface area (Å²) in [4.78, 5) is 13.5. The van der Waals surface area contributed by atoms with E-state index >= 15 is 0 Å².